The molecule has 0 N–H and O–H groups in total. The van der Waals surface area contributed by atoms with Gasteiger partial charge < -0.3 is 4.74 Å². The van der Waals surface area contributed by atoms with E-state index in [1.807, 2.05) is 6.08 Å². The van der Waals surface area contributed by atoms with E-state index in [1.54, 1.807) is 0 Å². The molecule has 2 nitrogen and oxygen atoms in total. The van der Waals surface area contributed by atoms with E-state index in [9.17, 15) is 4.79 Å². The number of rotatable bonds is 11. The standard InChI is InChI=1S/C13H24O2/c1-3-5-6-7-8-9-13(14)10-12-15-11-4-2/h3H,1,4-12H2,2H3. The van der Waals surface area contributed by atoms with Gasteiger partial charge in [-0.25, -0.2) is 0 Å². The minimum absolute atomic E-state index is 0.338. The van der Waals surface area contributed by atoms with Gasteiger partial charge >= 0.3 is 0 Å². The molecule has 0 spiro atoms. The van der Waals surface area contributed by atoms with E-state index in [0.29, 0.717) is 25.2 Å². The largest absolute Gasteiger partial charge is 0.381 e. The van der Waals surface area contributed by atoms with Crippen molar-refractivity contribution in [3.8, 4) is 0 Å². The van der Waals surface area contributed by atoms with Crippen LogP contribution in [0.15, 0.2) is 12.7 Å². The molecule has 0 amide bonds. The van der Waals surface area contributed by atoms with E-state index < -0.39 is 0 Å². The van der Waals surface area contributed by atoms with Crippen LogP contribution in [-0.2, 0) is 9.53 Å². The van der Waals surface area contributed by atoms with Crippen molar-refractivity contribution in [3.05, 3.63) is 12.7 Å². The highest BCUT2D eigenvalue weighted by atomic mass is 16.5. The van der Waals surface area contributed by atoms with Crippen LogP contribution < -0.4 is 0 Å². The second-order valence-electron chi connectivity index (χ2n) is 3.79. The average Bonchev–Trinajstić information content (AvgIpc) is 2.24. The number of unbranched alkanes of at least 4 members (excludes halogenated alkanes) is 3. The highest BCUT2D eigenvalue weighted by Gasteiger charge is 2.01. The highest BCUT2D eigenvalue weighted by Crippen LogP contribution is 2.05. The molecule has 88 valence electrons. The first-order valence-corrected chi connectivity index (χ1v) is 6.01. The molecule has 0 aromatic rings. The van der Waals surface area contributed by atoms with Crippen LogP contribution in [0.4, 0.5) is 0 Å². The number of carbonyl (C=O) groups is 1. The SMILES string of the molecule is C=CCCCCCC(=O)CCOCCC. The van der Waals surface area contributed by atoms with Gasteiger partial charge in [0.1, 0.15) is 5.78 Å². The Labute approximate surface area is 93.7 Å². The van der Waals surface area contributed by atoms with Gasteiger partial charge in [-0.3, -0.25) is 4.79 Å². The molecule has 0 aromatic carbocycles. The zero-order chi connectivity index (χ0) is 11.4. The van der Waals surface area contributed by atoms with E-state index in [0.717, 1.165) is 38.7 Å². The third-order valence-corrected chi connectivity index (χ3v) is 2.24. The third kappa shape index (κ3) is 11.3. The maximum absolute atomic E-state index is 11.3. The molecule has 0 rings (SSSR count). The summed E-state index contributed by atoms with van der Waals surface area (Å²) in [6.07, 6.45) is 8.62. The summed E-state index contributed by atoms with van der Waals surface area (Å²) in [6, 6.07) is 0. The number of Topliss-reactive ketones (excluding diaryl/α,β-unsaturated/α-hetero) is 1. The minimum atomic E-state index is 0.338. The Kier molecular flexibility index (Phi) is 11.0. The zero-order valence-electron chi connectivity index (χ0n) is 9.96. The number of hydrogen-bond donors (Lipinski definition) is 0. The van der Waals surface area contributed by atoms with Gasteiger partial charge in [-0.15, -0.1) is 6.58 Å². The Morgan fingerprint density at radius 2 is 2.00 bits per heavy atom. The first-order chi connectivity index (χ1) is 7.31. The zero-order valence-corrected chi connectivity index (χ0v) is 9.96. The van der Waals surface area contributed by atoms with Crippen LogP contribution in [0.1, 0.15) is 51.9 Å². The molecule has 0 aliphatic rings. The minimum Gasteiger partial charge on any atom is -0.381 e. The lowest BCUT2D eigenvalue weighted by molar-refractivity contribution is -0.120. The van der Waals surface area contributed by atoms with Crippen LogP contribution in [0, 0.1) is 0 Å². The molecule has 0 bridgehead atoms. The van der Waals surface area contributed by atoms with E-state index in [4.69, 9.17) is 4.74 Å². The second-order valence-corrected chi connectivity index (χ2v) is 3.79. The first-order valence-electron chi connectivity index (χ1n) is 6.01. The van der Waals surface area contributed by atoms with Crippen molar-refractivity contribution >= 4 is 5.78 Å². The van der Waals surface area contributed by atoms with Crippen LogP contribution in [0.25, 0.3) is 0 Å². The quantitative estimate of drug-likeness (QED) is 0.387. The summed E-state index contributed by atoms with van der Waals surface area (Å²) in [5, 5.41) is 0. The second kappa shape index (κ2) is 11.4. The summed E-state index contributed by atoms with van der Waals surface area (Å²) in [5.74, 6) is 0.338. The van der Waals surface area contributed by atoms with Gasteiger partial charge in [0.25, 0.3) is 0 Å². The fraction of sp³-hybridized carbons (Fsp3) is 0.769. The van der Waals surface area contributed by atoms with E-state index in [-0.39, 0.29) is 0 Å². The lowest BCUT2D eigenvalue weighted by Gasteiger charge is -2.02. The fourth-order valence-electron chi connectivity index (χ4n) is 1.35. The monoisotopic (exact) mass is 212 g/mol. The Morgan fingerprint density at radius 1 is 1.20 bits per heavy atom. The van der Waals surface area contributed by atoms with E-state index >= 15 is 0 Å². The average molecular weight is 212 g/mol. The molecule has 0 aromatic heterocycles. The molecule has 0 saturated heterocycles. The number of ketones is 1. The number of ether oxygens (including phenoxy) is 1. The Morgan fingerprint density at radius 3 is 2.67 bits per heavy atom. The smallest absolute Gasteiger partial charge is 0.135 e. The topological polar surface area (TPSA) is 26.3 Å². The Balaban J connectivity index is 3.15. The Hall–Kier alpha value is -0.630. The van der Waals surface area contributed by atoms with Gasteiger partial charge in [-0.2, -0.15) is 0 Å². The van der Waals surface area contributed by atoms with Gasteiger partial charge in [0, 0.05) is 19.4 Å². The molecular weight excluding hydrogens is 188 g/mol. The lowest BCUT2D eigenvalue weighted by atomic mass is 10.1. The van der Waals surface area contributed by atoms with E-state index in [2.05, 4.69) is 13.5 Å². The first kappa shape index (κ1) is 14.4. The molecule has 0 saturated carbocycles. The van der Waals surface area contributed by atoms with Gasteiger partial charge in [0.15, 0.2) is 0 Å². The third-order valence-electron chi connectivity index (χ3n) is 2.24. The van der Waals surface area contributed by atoms with Gasteiger partial charge in [-0.05, 0) is 25.7 Å². The normalized spacial score (nSPS) is 10.2. The van der Waals surface area contributed by atoms with Gasteiger partial charge in [-0.1, -0.05) is 19.4 Å². The van der Waals surface area contributed by atoms with Crippen LogP contribution >= 0.6 is 0 Å². The molecule has 0 aliphatic heterocycles. The number of allylic oxidation sites excluding steroid dienone is 1. The molecular formula is C13H24O2. The Bertz CT molecular complexity index is 164. The molecule has 0 unspecified atom stereocenters. The number of hydrogen-bond acceptors (Lipinski definition) is 2. The summed E-state index contributed by atoms with van der Waals surface area (Å²) in [5.41, 5.74) is 0. The fourth-order valence-corrected chi connectivity index (χ4v) is 1.35. The predicted octanol–water partition coefficient (Wildman–Crippen LogP) is 3.51. The van der Waals surface area contributed by atoms with Crippen LogP contribution in [-0.4, -0.2) is 19.0 Å². The number of carbonyl (C=O) groups excluding carboxylic acids is 1. The van der Waals surface area contributed by atoms with Crippen molar-refractivity contribution in [3.63, 3.8) is 0 Å². The molecule has 2 heteroatoms. The lowest BCUT2D eigenvalue weighted by Crippen LogP contribution is -2.04. The van der Waals surface area contributed by atoms with E-state index in [1.165, 1.54) is 0 Å². The summed E-state index contributed by atoms with van der Waals surface area (Å²) in [6.45, 7) is 7.11. The summed E-state index contributed by atoms with van der Waals surface area (Å²) in [7, 11) is 0. The van der Waals surface area contributed by atoms with Crippen molar-refractivity contribution < 1.29 is 9.53 Å². The summed E-state index contributed by atoms with van der Waals surface area (Å²) < 4.78 is 5.26. The predicted molar refractivity (Wildman–Crippen MR) is 64.0 cm³/mol. The van der Waals surface area contributed by atoms with Crippen molar-refractivity contribution in [1.82, 2.24) is 0 Å². The van der Waals surface area contributed by atoms with Crippen LogP contribution in [0.2, 0.25) is 0 Å². The molecule has 0 atom stereocenters. The van der Waals surface area contributed by atoms with Crippen molar-refractivity contribution in [1.29, 1.82) is 0 Å². The van der Waals surface area contributed by atoms with Crippen LogP contribution in [0.5, 0.6) is 0 Å². The maximum Gasteiger partial charge on any atom is 0.135 e. The van der Waals surface area contributed by atoms with Crippen molar-refractivity contribution in [2.45, 2.75) is 51.9 Å². The molecule has 15 heavy (non-hydrogen) atoms. The molecule has 0 heterocycles. The van der Waals surface area contributed by atoms with Gasteiger partial charge in [0.05, 0.1) is 6.61 Å². The van der Waals surface area contributed by atoms with Crippen molar-refractivity contribution in [2.75, 3.05) is 13.2 Å². The van der Waals surface area contributed by atoms with Gasteiger partial charge in [0.2, 0.25) is 0 Å². The molecule has 0 radical (unpaired) electrons. The molecule has 0 aliphatic carbocycles. The molecule has 0 fully saturated rings. The summed E-state index contributed by atoms with van der Waals surface area (Å²) >= 11 is 0. The summed E-state index contributed by atoms with van der Waals surface area (Å²) in [4.78, 5) is 11.3. The van der Waals surface area contributed by atoms with Crippen molar-refractivity contribution in [2.24, 2.45) is 0 Å². The maximum atomic E-state index is 11.3. The van der Waals surface area contributed by atoms with Crippen LogP contribution in [0.3, 0.4) is 0 Å². The highest BCUT2D eigenvalue weighted by molar-refractivity contribution is 5.78.